The van der Waals surface area contributed by atoms with E-state index in [1.165, 1.54) is 32.5 Å². The first-order chi connectivity index (χ1) is 29.1. The fourth-order valence-electron chi connectivity index (χ4n) is 4.91. The van der Waals surface area contributed by atoms with E-state index in [1.54, 1.807) is 6.92 Å². The normalized spacial score (nSPS) is 11.3. The molecule has 0 bridgehead atoms. The van der Waals surface area contributed by atoms with Crippen LogP contribution in [0.4, 0.5) is 36.4 Å². The third-order valence-corrected chi connectivity index (χ3v) is 9.45. The number of halogens is 8. The molecule has 3 aromatic heterocycles. The molecule has 0 saturated heterocycles. The van der Waals surface area contributed by atoms with Crippen molar-refractivity contribution in [1.82, 2.24) is 29.1 Å². The van der Waals surface area contributed by atoms with Crippen molar-refractivity contribution in [1.29, 1.82) is 0 Å². The predicted octanol–water partition coefficient (Wildman–Crippen LogP) is 4.72. The number of ketones is 1. The number of nitrogens with zero attached hydrogens (tertiary/aromatic N) is 7. The zero-order valence-electron chi connectivity index (χ0n) is 32.2. The van der Waals surface area contributed by atoms with Crippen LogP contribution < -0.4 is 34.5 Å². The zero-order chi connectivity index (χ0) is 46.3. The van der Waals surface area contributed by atoms with E-state index in [-0.39, 0.29) is 60.5 Å². The number of carbonyl (C=O) groups is 2. The van der Waals surface area contributed by atoms with Crippen molar-refractivity contribution in [2.75, 3.05) is 38.8 Å². The van der Waals surface area contributed by atoms with Gasteiger partial charge in [-0.05, 0) is 37.3 Å². The number of sulfonamides is 1. The SMILES string of the molecule is CCOC(=O)COc1ncccc1Oc1cc(-n2c(=O)cc(C(F)(F)F)n(C)c2=O)c(F)cc1Cl.COc1nc(OC)nc(C(=O)c2cccc(F)c2N(C)S(=O)(=O)C(F)F)n1. The Labute approximate surface area is 349 Å². The van der Waals surface area contributed by atoms with Gasteiger partial charge in [-0.25, -0.2) is 36.3 Å². The average molecular weight is 924 g/mol. The lowest BCUT2D eigenvalue weighted by Gasteiger charge is -2.21. The quantitative estimate of drug-likeness (QED) is 0.0837. The van der Waals surface area contributed by atoms with Crippen molar-refractivity contribution in [3.05, 3.63) is 109 Å². The van der Waals surface area contributed by atoms with Crippen LogP contribution >= 0.6 is 11.6 Å². The van der Waals surface area contributed by atoms with Gasteiger partial charge in [0.2, 0.25) is 11.6 Å². The van der Waals surface area contributed by atoms with E-state index in [9.17, 15) is 58.3 Å². The number of hydrogen-bond acceptors (Lipinski definition) is 15. The summed E-state index contributed by atoms with van der Waals surface area (Å²) in [6, 6.07) is 6.92. The summed E-state index contributed by atoms with van der Waals surface area (Å²) in [5.41, 5.74) is -6.52. The number of ether oxygens (including phenoxy) is 5. The van der Waals surface area contributed by atoms with Gasteiger partial charge in [0, 0.05) is 32.4 Å². The molecule has 0 aliphatic heterocycles. The Morgan fingerprint density at radius 2 is 1.58 bits per heavy atom. The predicted molar refractivity (Wildman–Crippen MR) is 200 cm³/mol. The molecule has 0 fully saturated rings. The van der Waals surface area contributed by atoms with Gasteiger partial charge in [0.05, 0.1) is 42.8 Å². The second-order valence-electron chi connectivity index (χ2n) is 11.6. The first-order valence-electron chi connectivity index (χ1n) is 16.8. The summed E-state index contributed by atoms with van der Waals surface area (Å²) in [6.45, 7) is 1.24. The van der Waals surface area contributed by atoms with Gasteiger partial charge in [-0.15, -0.1) is 4.98 Å². The molecular formula is C35H29ClF7N7O11S. The molecule has 5 rings (SSSR count). The van der Waals surface area contributed by atoms with Crippen molar-refractivity contribution in [3.8, 4) is 35.1 Å². The van der Waals surface area contributed by atoms with E-state index < -0.39 is 91.7 Å². The van der Waals surface area contributed by atoms with Gasteiger partial charge in [0.15, 0.2) is 12.4 Å². The molecule has 0 radical (unpaired) electrons. The maximum atomic E-state index is 14.7. The first-order valence-corrected chi connectivity index (χ1v) is 18.7. The number of anilines is 1. The molecule has 0 aliphatic rings. The van der Waals surface area contributed by atoms with Gasteiger partial charge < -0.3 is 23.7 Å². The lowest BCUT2D eigenvalue weighted by molar-refractivity contribution is -0.145. The van der Waals surface area contributed by atoms with Gasteiger partial charge in [0.25, 0.3) is 21.5 Å². The molecule has 0 atom stereocenters. The molecular weight excluding hydrogens is 895 g/mol. The van der Waals surface area contributed by atoms with Crippen molar-refractivity contribution in [2.24, 2.45) is 7.05 Å². The highest BCUT2D eigenvalue weighted by molar-refractivity contribution is 7.93. The summed E-state index contributed by atoms with van der Waals surface area (Å²) in [5, 5.41) is -0.303. The number of hydrogen-bond donors (Lipinski definition) is 0. The number of aromatic nitrogens is 6. The Morgan fingerprint density at radius 1 is 0.935 bits per heavy atom. The molecule has 332 valence electrons. The number of alkyl halides is 5. The van der Waals surface area contributed by atoms with Crippen molar-refractivity contribution in [2.45, 2.75) is 18.9 Å². The zero-order valence-corrected chi connectivity index (χ0v) is 33.8. The average Bonchev–Trinajstić information content (AvgIpc) is 3.22. The smallest absolute Gasteiger partial charge is 0.431 e. The highest BCUT2D eigenvalue weighted by Gasteiger charge is 2.36. The number of pyridine rings is 1. The monoisotopic (exact) mass is 923 g/mol. The summed E-state index contributed by atoms with van der Waals surface area (Å²) in [6.07, 6.45) is -3.66. The summed E-state index contributed by atoms with van der Waals surface area (Å²) in [5.74, 6) is -9.02. The van der Waals surface area contributed by atoms with E-state index in [0.29, 0.717) is 13.1 Å². The minimum absolute atomic E-state index is 0.00408. The van der Waals surface area contributed by atoms with E-state index in [4.69, 9.17) is 35.3 Å². The van der Waals surface area contributed by atoms with E-state index in [2.05, 4.69) is 19.9 Å². The van der Waals surface area contributed by atoms with E-state index in [0.717, 1.165) is 31.3 Å². The van der Waals surface area contributed by atoms with Gasteiger partial charge in [-0.2, -0.15) is 31.9 Å². The van der Waals surface area contributed by atoms with Crippen molar-refractivity contribution in [3.63, 3.8) is 0 Å². The molecule has 2 aromatic carbocycles. The standard InChI is InChI=1S/C21H16ClF4N3O6.C14H13F3N4O5S/c1-3-33-18(31)10-34-19-14(5-4-6-27-19)35-15-8-13(12(23)7-11(15)22)29-17(30)9-16(21(24,25)26)28(2)20(29)32;1-21(27(23,24)12(16)17)9-7(5-4-6-8(9)15)10(22)11-18-13(25-2)20-14(19-11)26-3/h4-9H,3,10H2,1-2H3;4-6,12H,1-3H3. The van der Waals surface area contributed by atoms with Crippen LogP contribution in [0.5, 0.6) is 29.4 Å². The molecule has 3 heterocycles. The van der Waals surface area contributed by atoms with Crippen LogP contribution in [0.15, 0.2) is 64.3 Å². The maximum absolute atomic E-state index is 14.7. The highest BCUT2D eigenvalue weighted by Crippen LogP contribution is 2.36. The molecule has 5 aromatic rings. The lowest BCUT2D eigenvalue weighted by Crippen LogP contribution is -2.41. The molecule has 0 N–H and O–H groups in total. The number of methoxy groups -OCH3 is 2. The summed E-state index contributed by atoms with van der Waals surface area (Å²) in [7, 11) is -1.31. The highest BCUT2D eigenvalue weighted by atomic mass is 35.5. The number of para-hydroxylation sites is 1. The van der Waals surface area contributed by atoms with Crippen molar-refractivity contribution < 1.29 is 72.4 Å². The van der Waals surface area contributed by atoms with Gasteiger partial charge in [-0.1, -0.05) is 17.7 Å². The summed E-state index contributed by atoms with van der Waals surface area (Å²) >= 11 is 6.04. The lowest BCUT2D eigenvalue weighted by atomic mass is 10.1. The Balaban J connectivity index is 0.000000282. The topological polar surface area (TPSA) is 213 Å². The van der Waals surface area contributed by atoms with Crippen LogP contribution in [0, 0.1) is 11.6 Å². The van der Waals surface area contributed by atoms with Crippen LogP contribution in [-0.2, 0) is 32.8 Å². The van der Waals surface area contributed by atoms with Crippen LogP contribution in [0.25, 0.3) is 5.69 Å². The Kier molecular flexibility index (Phi) is 15.2. The molecule has 0 aliphatic carbocycles. The Hall–Kier alpha value is -6.83. The molecule has 0 saturated carbocycles. The third-order valence-electron chi connectivity index (χ3n) is 7.76. The number of carbonyl (C=O) groups excluding carboxylic acids is 2. The molecule has 62 heavy (non-hydrogen) atoms. The van der Waals surface area contributed by atoms with Gasteiger partial charge in [0.1, 0.15) is 23.1 Å². The summed E-state index contributed by atoms with van der Waals surface area (Å²) in [4.78, 5) is 64.1. The minimum Gasteiger partial charge on any atom is -0.467 e. The minimum atomic E-state index is -5.21. The molecule has 0 amide bonds. The largest absolute Gasteiger partial charge is 0.467 e. The molecule has 0 spiro atoms. The van der Waals surface area contributed by atoms with E-state index in [1.807, 2.05) is 0 Å². The number of rotatable bonds is 14. The van der Waals surface area contributed by atoms with E-state index >= 15 is 0 Å². The second kappa shape index (κ2) is 19.7. The first kappa shape index (κ1) is 47.8. The van der Waals surface area contributed by atoms with Gasteiger partial charge in [-0.3, -0.25) is 18.5 Å². The third kappa shape index (κ3) is 10.7. The van der Waals surface area contributed by atoms with Crippen LogP contribution in [0.2, 0.25) is 5.02 Å². The molecule has 18 nitrogen and oxygen atoms in total. The molecule has 0 unspecified atom stereocenters. The van der Waals surface area contributed by atoms with Crippen LogP contribution in [-0.4, -0.2) is 89.5 Å². The maximum Gasteiger partial charge on any atom is 0.431 e. The number of esters is 1. The van der Waals surface area contributed by atoms with Gasteiger partial charge >= 0.3 is 35.6 Å². The fourth-order valence-corrected chi connectivity index (χ4v) is 5.77. The second-order valence-corrected chi connectivity index (χ2v) is 14.0. The fraction of sp³-hybridized carbons (Fsp3) is 0.257. The van der Waals surface area contributed by atoms with Crippen LogP contribution in [0.3, 0.4) is 0 Å². The Morgan fingerprint density at radius 3 is 2.16 bits per heavy atom. The number of benzene rings is 2. The molecule has 27 heteroatoms. The Bertz CT molecular complexity index is 2700. The summed E-state index contributed by atoms with van der Waals surface area (Å²) < 4.78 is 143. The van der Waals surface area contributed by atoms with Crippen LogP contribution in [0.1, 0.15) is 28.8 Å². The van der Waals surface area contributed by atoms with Crippen molar-refractivity contribution >= 4 is 39.1 Å².